The van der Waals surface area contributed by atoms with Crippen molar-refractivity contribution < 1.29 is 0 Å². The number of rotatable bonds is 5. The van der Waals surface area contributed by atoms with Gasteiger partial charge >= 0.3 is 0 Å². The lowest BCUT2D eigenvalue weighted by Crippen LogP contribution is -2.05. The van der Waals surface area contributed by atoms with E-state index in [0.29, 0.717) is 23.8 Å². The summed E-state index contributed by atoms with van der Waals surface area (Å²) in [4.78, 5) is 8.83. The zero-order chi connectivity index (χ0) is 17.6. The average molecular weight is 329 g/mol. The van der Waals surface area contributed by atoms with Gasteiger partial charge in [0.15, 0.2) is 0 Å². The van der Waals surface area contributed by atoms with Gasteiger partial charge in [-0.2, -0.15) is 5.26 Å². The molecule has 2 N–H and O–H groups in total. The topological polar surface area (TPSA) is 73.6 Å². The lowest BCUT2D eigenvalue weighted by atomic mass is 10.1. The number of para-hydroxylation sites is 1. The summed E-state index contributed by atoms with van der Waals surface area (Å²) < 4.78 is 0. The summed E-state index contributed by atoms with van der Waals surface area (Å²) in [6.45, 7) is 4.61. The molecule has 0 spiro atoms. The molecule has 2 aromatic carbocycles. The van der Waals surface area contributed by atoms with Crippen molar-refractivity contribution in [1.82, 2.24) is 9.97 Å². The van der Waals surface area contributed by atoms with E-state index in [9.17, 15) is 5.26 Å². The van der Waals surface area contributed by atoms with Gasteiger partial charge in [-0.05, 0) is 31.5 Å². The van der Waals surface area contributed by atoms with Gasteiger partial charge in [0.1, 0.15) is 23.5 Å². The third kappa shape index (κ3) is 4.33. The van der Waals surface area contributed by atoms with Crippen molar-refractivity contribution in [3.63, 3.8) is 0 Å². The minimum Gasteiger partial charge on any atom is -0.366 e. The van der Waals surface area contributed by atoms with Gasteiger partial charge in [-0.25, -0.2) is 9.97 Å². The molecule has 0 fully saturated rings. The van der Waals surface area contributed by atoms with Crippen LogP contribution >= 0.6 is 0 Å². The maximum absolute atomic E-state index is 9.20. The van der Waals surface area contributed by atoms with Crippen LogP contribution in [0.4, 0.5) is 17.3 Å². The first kappa shape index (κ1) is 16.5. The number of aromatic nitrogens is 2. The molecule has 0 bridgehead atoms. The number of aryl methyl sites for hydroxylation is 2. The van der Waals surface area contributed by atoms with Crippen molar-refractivity contribution in [2.45, 2.75) is 20.4 Å². The fourth-order valence-electron chi connectivity index (χ4n) is 2.56. The Morgan fingerprint density at radius 2 is 1.76 bits per heavy atom. The highest BCUT2D eigenvalue weighted by Crippen LogP contribution is 2.21. The van der Waals surface area contributed by atoms with E-state index in [0.717, 1.165) is 11.5 Å². The van der Waals surface area contributed by atoms with Crippen LogP contribution in [-0.4, -0.2) is 9.97 Å². The largest absolute Gasteiger partial charge is 0.366 e. The predicted molar refractivity (Wildman–Crippen MR) is 99.7 cm³/mol. The lowest BCUT2D eigenvalue weighted by molar-refractivity contribution is 1.02. The van der Waals surface area contributed by atoms with E-state index in [4.69, 9.17) is 0 Å². The number of hydrogen-bond donors (Lipinski definition) is 2. The number of hydrogen-bond acceptors (Lipinski definition) is 5. The van der Waals surface area contributed by atoms with Gasteiger partial charge in [0, 0.05) is 12.6 Å². The lowest BCUT2D eigenvalue weighted by Gasteiger charge is -2.11. The highest BCUT2D eigenvalue weighted by atomic mass is 15.1. The maximum atomic E-state index is 9.20. The Balaban J connectivity index is 1.77. The molecule has 0 saturated heterocycles. The van der Waals surface area contributed by atoms with Crippen LogP contribution in [0.5, 0.6) is 0 Å². The molecule has 1 aromatic heterocycles. The van der Waals surface area contributed by atoms with Crippen LogP contribution in [0.25, 0.3) is 0 Å². The van der Waals surface area contributed by atoms with Crippen molar-refractivity contribution >= 4 is 17.3 Å². The van der Waals surface area contributed by atoms with Crippen LogP contribution in [0.1, 0.15) is 22.5 Å². The number of nitriles is 1. The number of nitrogens with zero attached hydrogens (tertiary/aromatic N) is 3. The molecule has 1 heterocycles. The highest BCUT2D eigenvalue weighted by molar-refractivity contribution is 5.65. The third-order valence-electron chi connectivity index (χ3n) is 3.70. The summed E-state index contributed by atoms with van der Waals surface area (Å²) in [5.41, 5.74) is 3.73. The van der Waals surface area contributed by atoms with Crippen molar-refractivity contribution in [1.29, 1.82) is 5.26 Å². The molecule has 25 heavy (non-hydrogen) atoms. The third-order valence-corrected chi connectivity index (χ3v) is 3.70. The van der Waals surface area contributed by atoms with Gasteiger partial charge < -0.3 is 10.6 Å². The summed E-state index contributed by atoms with van der Waals surface area (Å²) in [5, 5.41) is 15.7. The Labute approximate surface area is 147 Å². The molecule has 0 amide bonds. The summed E-state index contributed by atoms with van der Waals surface area (Å²) in [6, 6.07) is 19.7. The Morgan fingerprint density at radius 1 is 0.960 bits per heavy atom. The second-order valence-corrected chi connectivity index (χ2v) is 5.81. The number of anilines is 3. The van der Waals surface area contributed by atoms with Crippen LogP contribution in [0, 0.1) is 25.2 Å². The van der Waals surface area contributed by atoms with Gasteiger partial charge in [-0.15, -0.1) is 0 Å². The van der Waals surface area contributed by atoms with E-state index in [2.05, 4.69) is 51.8 Å². The molecule has 5 heteroatoms. The minimum atomic E-state index is 0.577. The molecule has 0 unspecified atom stereocenters. The molecular formula is C20H19N5. The first-order chi connectivity index (χ1) is 12.1. The zero-order valence-corrected chi connectivity index (χ0v) is 14.2. The van der Waals surface area contributed by atoms with Crippen LogP contribution in [-0.2, 0) is 6.54 Å². The zero-order valence-electron chi connectivity index (χ0n) is 14.2. The summed E-state index contributed by atoms with van der Waals surface area (Å²) in [7, 11) is 0. The second-order valence-electron chi connectivity index (χ2n) is 5.81. The first-order valence-electron chi connectivity index (χ1n) is 8.05. The Bertz CT molecular complexity index is 927. The summed E-state index contributed by atoms with van der Waals surface area (Å²) in [6.07, 6.45) is 0. The van der Waals surface area contributed by atoms with E-state index in [1.54, 1.807) is 6.07 Å². The summed E-state index contributed by atoms with van der Waals surface area (Å²) in [5.74, 6) is 2.05. The predicted octanol–water partition coefficient (Wildman–Crippen LogP) is 4.32. The van der Waals surface area contributed by atoms with E-state index in [1.165, 1.54) is 11.1 Å². The van der Waals surface area contributed by atoms with E-state index < -0.39 is 0 Å². The van der Waals surface area contributed by atoms with Crippen LogP contribution < -0.4 is 10.6 Å². The molecule has 0 atom stereocenters. The second kappa shape index (κ2) is 7.45. The van der Waals surface area contributed by atoms with Gasteiger partial charge in [-0.1, -0.05) is 42.0 Å². The van der Waals surface area contributed by atoms with Crippen molar-refractivity contribution in [3.8, 4) is 6.07 Å². The normalized spacial score (nSPS) is 10.1. The van der Waals surface area contributed by atoms with Gasteiger partial charge in [0.25, 0.3) is 0 Å². The van der Waals surface area contributed by atoms with Crippen LogP contribution in [0.2, 0.25) is 0 Å². The van der Waals surface area contributed by atoms with Gasteiger partial charge in [0.05, 0.1) is 11.3 Å². The van der Waals surface area contributed by atoms with Crippen molar-refractivity contribution in [2.75, 3.05) is 10.6 Å². The average Bonchev–Trinajstić information content (AvgIpc) is 2.60. The SMILES string of the molecule is Cc1cccc(CNc2cc(Nc3ccccc3C#N)nc(C)n2)c1. The Morgan fingerprint density at radius 3 is 2.56 bits per heavy atom. The minimum absolute atomic E-state index is 0.577. The van der Waals surface area contributed by atoms with Crippen molar-refractivity contribution in [2.24, 2.45) is 0 Å². The monoisotopic (exact) mass is 329 g/mol. The van der Waals surface area contributed by atoms with Gasteiger partial charge in [0.2, 0.25) is 0 Å². The molecule has 0 aliphatic carbocycles. The van der Waals surface area contributed by atoms with Crippen LogP contribution in [0.3, 0.4) is 0 Å². The Hall–Kier alpha value is -3.39. The number of nitrogens with one attached hydrogen (secondary N) is 2. The smallest absolute Gasteiger partial charge is 0.136 e. The summed E-state index contributed by atoms with van der Waals surface area (Å²) >= 11 is 0. The standard InChI is InChI=1S/C20H19N5/c1-14-6-5-7-16(10-14)13-22-19-11-20(24-15(2)23-19)25-18-9-4-3-8-17(18)12-21/h3-11H,13H2,1-2H3,(H2,22,23,24,25). The van der Waals surface area contributed by atoms with Crippen LogP contribution in [0.15, 0.2) is 54.6 Å². The van der Waals surface area contributed by atoms with Crippen molar-refractivity contribution in [3.05, 3.63) is 77.1 Å². The van der Waals surface area contributed by atoms with E-state index in [-0.39, 0.29) is 0 Å². The molecule has 0 aliphatic heterocycles. The van der Waals surface area contributed by atoms with E-state index >= 15 is 0 Å². The fraction of sp³-hybridized carbons (Fsp3) is 0.150. The van der Waals surface area contributed by atoms with Gasteiger partial charge in [-0.3, -0.25) is 0 Å². The first-order valence-corrected chi connectivity index (χ1v) is 8.05. The highest BCUT2D eigenvalue weighted by Gasteiger charge is 2.05. The molecule has 0 saturated carbocycles. The molecule has 3 aromatic rings. The number of benzene rings is 2. The fourth-order valence-corrected chi connectivity index (χ4v) is 2.56. The quantitative estimate of drug-likeness (QED) is 0.729. The molecule has 3 rings (SSSR count). The molecule has 0 aliphatic rings. The molecule has 0 radical (unpaired) electrons. The molecule has 124 valence electrons. The Kier molecular flexibility index (Phi) is 4.91. The maximum Gasteiger partial charge on any atom is 0.136 e. The molecular weight excluding hydrogens is 310 g/mol. The molecule has 5 nitrogen and oxygen atoms in total. The van der Waals surface area contributed by atoms with E-state index in [1.807, 2.05) is 37.3 Å².